The number of amides is 2. The Morgan fingerprint density at radius 2 is 1.89 bits per heavy atom. The summed E-state index contributed by atoms with van der Waals surface area (Å²) in [7, 11) is 1.36. The van der Waals surface area contributed by atoms with Crippen LogP contribution in [0.2, 0.25) is 0 Å². The van der Waals surface area contributed by atoms with Crippen molar-refractivity contribution in [3.05, 3.63) is 0 Å². The van der Waals surface area contributed by atoms with E-state index >= 15 is 0 Å². The molecule has 1 saturated heterocycles. The van der Waals surface area contributed by atoms with Gasteiger partial charge in [0.25, 0.3) is 0 Å². The normalized spacial score (nSPS) is 18.8. The van der Waals surface area contributed by atoms with Crippen LogP contribution in [0.4, 0.5) is 4.79 Å². The van der Waals surface area contributed by atoms with E-state index in [0.29, 0.717) is 6.54 Å². The summed E-state index contributed by atoms with van der Waals surface area (Å²) in [6.07, 6.45) is 3.11. The third-order valence-electron chi connectivity index (χ3n) is 3.25. The van der Waals surface area contributed by atoms with Gasteiger partial charge in [-0.3, -0.25) is 9.69 Å². The number of carbonyl (C=O) groups is 2. The second-order valence-corrected chi connectivity index (χ2v) is 4.65. The van der Waals surface area contributed by atoms with E-state index in [9.17, 15) is 9.59 Å². The maximum absolute atomic E-state index is 12.4. The number of rotatable bonds is 5. The molecule has 0 aromatic carbocycles. The number of methoxy groups -OCH3 is 1. The summed E-state index contributed by atoms with van der Waals surface area (Å²) in [5, 5.41) is 0. The molecule has 104 valence electrons. The molecule has 18 heavy (non-hydrogen) atoms. The summed E-state index contributed by atoms with van der Waals surface area (Å²) in [5.74, 6) is 0.0709. The van der Waals surface area contributed by atoms with Crippen LogP contribution in [0.15, 0.2) is 0 Å². The zero-order valence-electron chi connectivity index (χ0n) is 11.6. The van der Waals surface area contributed by atoms with Gasteiger partial charge in [0.2, 0.25) is 5.91 Å². The number of carbonyl (C=O) groups excluding carboxylic acids is 2. The van der Waals surface area contributed by atoms with Crippen LogP contribution in [-0.4, -0.2) is 54.6 Å². The van der Waals surface area contributed by atoms with Gasteiger partial charge in [-0.05, 0) is 25.7 Å². The highest BCUT2D eigenvalue weighted by Gasteiger charge is 2.36. The van der Waals surface area contributed by atoms with Crippen molar-refractivity contribution in [1.29, 1.82) is 0 Å². The van der Waals surface area contributed by atoms with E-state index in [1.54, 1.807) is 4.90 Å². The second-order valence-electron chi connectivity index (χ2n) is 4.65. The molecule has 2 amide bonds. The summed E-state index contributed by atoms with van der Waals surface area (Å²) in [6.45, 7) is 6.26. The molecule has 1 atom stereocenters. The topological polar surface area (TPSA) is 49.9 Å². The molecule has 1 aliphatic heterocycles. The first-order valence-corrected chi connectivity index (χ1v) is 6.79. The predicted molar refractivity (Wildman–Crippen MR) is 69.3 cm³/mol. The molecule has 1 heterocycles. The largest absolute Gasteiger partial charge is 0.453 e. The number of ether oxygens (including phenoxy) is 1. The first kappa shape index (κ1) is 14.8. The predicted octanol–water partition coefficient (Wildman–Crippen LogP) is 1.87. The Morgan fingerprint density at radius 3 is 2.39 bits per heavy atom. The van der Waals surface area contributed by atoms with Crippen molar-refractivity contribution in [1.82, 2.24) is 9.80 Å². The smallest absolute Gasteiger partial charge is 0.410 e. The van der Waals surface area contributed by atoms with Crippen LogP contribution in [0, 0.1) is 0 Å². The summed E-state index contributed by atoms with van der Waals surface area (Å²) >= 11 is 0. The molecule has 0 saturated carbocycles. The van der Waals surface area contributed by atoms with Gasteiger partial charge < -0.3 is 9.64 Å². The lowest BCUT2D eigenvalue weighted by molar-refractivity contribution is -0.135. The van der Waals surface area contributed by atoms with Crippen molar-refractivity contribution < 1.29 is 14.3 Å². The molecule has 5 nitrogen and oxygen atoms in total. The lowest BCUT2D eigenvalue weighted by atomic mass is 10.2. The number of hydrogen-bond acceptors (Lipinski definition) is 3. The number of likely N-dealkylation sites (tertiary alicyclic amines) is 1. The average molecular weight is 256 g/mol. The Labute approximate surface area is 109 Å². The van der Waals surface area contributed by atoms with Gasteiger partial charge in [-0.25, -0.2) is 4.79 Å². The Morgan fingerprint density at radius 1 is 1.28 bits per heavy atom. The van der Waals surface area contributed by atoms with E-state index in [-0.39, 0.29) is 11.9 Å². The molecule has 1 fully saturated rings. The van der Waals surface area contributed by atoms with Crippen LogP contribution in [0.5, 0.6) is 0 Å². The van der Waals surface area contributed by atoms with Crippen LogP contribution in [0.1, 0.15) is 39.5 Å². The minimum Gasteiger partial charge on any atom is -0.453 e. The van der Waals surface area contributed by atoms with E-state index in [4.69, 9.17) is 4.74 Å². The molecule has 0 aromatic rings. The first-order valence-electron chi connectivity index (χ1n) is 6.79. The van der Waals surface area contributed by atoms with E-state index in [1.165, 1.54) is 7.11 Å². The van der Waals surface area contributed by atoms with E-state index in [1.807, 2.05) is 4.90 Å². The monoisotopic (exact) mass is 256 g/mol. The fraction of sp³-hybridized carbons (Fsp3) is 0.846. The molecule has 0 radical (unpaired) electrons. The molecule has 0 bridgehead atoms. The van der Waals surface area contributed by atoms with Gasteiger partial charge in [0, 0.05) is 19.6 Å². The highest BCUT2D eigenvalue weighted by Crippen LogP contribution is 2.20. The molecule has 1 aliphatic rings. The number of hydrogen-bond donors (Lipinski definition) is 0. The van der Waals surface area contributed by atoms with Crippen molar-refractivity contribution in [3.63, 3.8) is 0 Å². The summed E-state index contributed by atoms with van der Waals surface area (Å²) in [5.41, 5.74) is 0. The SMILES string of the molecule is CCCN(CCC)C(=O)C1CCCN1C(=O)OC. The summed E-state index contributed by atoms with van der Waals surface area (Å²) in [6, 6.07) is -0.324. The lowest BCUT2D eigenvalue weighted by Gasteiger charge is -2.29. The molecule has 5 heteroatoms. The third-order valence-corrected chi connectivity index (χ3v) is 3.25. The Hall–Kier alpha value is -1.26. The molecule has 1 unspecified atom stereocenters. The van der Waals surface area contributed by atoms with Crippen molar-refractivity contribution >= 4 is 12.0 Å². The van der Waals surface area contributed by atoms with Gasteiger partial charge in [0.15, 0.2) is 0 Å². The van der Waals surface area contributed by atoms with E-state index in [0.717, 1.165) is 38.8 Å². The lowest BCUT2D eigenvalue weighted by Crippen LogP contribution is -2.48. The standard InChI is InChI=1S/C13H24N2O3/c1-4-8-14(9-5-2)12(16)11-7-6-10-15(11)13(17)18-3/h11H,4-10H2,1-3H3. The highest BCUT2D eigenvalue weighted by atomic mass is 16.5. The molecule has 0 aromatic heterocycles. The van der Waals surface area contributed by atoms with Crippen molar-refractivity contribution in [3.8, 4) is 0 Å². The summed E-state index contributed by atoms with van der Waals surface area (Å²) < 4.78 is 4.73. The first-order chi connectivity index (χ1) is 8.65. The molecule has 0 aliphatic carbocycles. The van der Waals surface area contributed by atoms with Crippen LogP contribution < -0.4 is 0 Å². The Bertz CT molecular complexity index is 288. The molecule has 0 N–H and O–H groups in total. The minimum absolute atomic E-state index is 0.0709. The average Bonchev–Trinajstić information content (AvgIpc) is 2.86. The van der Waals surface area contributed by atoms with Crippen LogP contribution >= 0.6 is 0 Å². The van der Waals surface area contributed by atoms with Crippen molar-refractivity contribution in [2.75, 3.05) is 26.7 Å². The quantitative estimate of drug-likeness (QED) is 0.754. The fourth-order valence-electron chi connectivity index (χ4n) is 2.44. The Balaban J connectivity index is 2.70. The zero-order valence-corrected chi connectivity index (χ0v) is 11.6. The van der Waals surface area contributed by atoms with Gasteiger partial charge in [0.1, 0.15) is 6.04 Å². The van der Waals surface area contributed by atoms with Gasteiger partial charge in [-0.2, -0.15) is 0 Å². The fourth-order valence-corrected chi connectivity index (χ4v) is 2.44. The molecule has 0 spiro atoms. The summed E-state index contributed by atoms with van der Waals surface area (Å²) in [4.78, 5) is 27.5. The third kappa shape index (κ3) is 3.37. The van der Waals surface area contributed by atoms with Crippen LogP contribution in [0.3, 0.4) is 0 Å². The molecular formula is C13H24N2O3. The van der Waals surface area contributed by atoms with Gasteiger partial charge in [0.05, 0.1) is 7.11 Å². The highest BCUT2D eigenvalue weighted by molar-refractivity contribution is 5.86. The Kier molecular flexibility index (Phi) is 5.95. The van der Waals surface area contributed by atoms with Crippen LogP contribution in [-0.2, 0) is 9.53 Å². The van der Waals surface area contributed by atoms with Crippen molar-refractivity contribution in [2.45, 2.75) is 45.6 Å². The maximum Gasteiger partial charge on any atom is 0.410 e. The molecule has 1 rings (SSSR count). The van der Waals surface area contributed by atoms with Crippen LogP contribution in [0.25, 0.3) is 0 Å². The van der Waals surface area contributed by atoms with Gasteiger partial charge in [-0.1, -0.05) is 13.8 Å². The van der Waals surface area contributed by atoms with Gasteiger partial charge >= 0.3 is 6.09 Å². The number of nitrogens with zero attached hydrogens (tertiary/aromatic N) is 2. The zero-order chi connectivity index (χ0) is 13.5. The van der Waals surface area contributed by atoms with E-state index in [2.05, 4.69) is 13.8 Å². The molecular weight excluding hydrogens is 232 g/mol. The second kappa shape index (κ2) is 7.24. The van der Waals surface area contributed by atoms with Gasteiger partial charge in [-0.15, -0.1) is 0 Å². The maximum atomic E-state index is 12.4. The minimum atomic E-state index is -0.390. The van der Waals surface area contributed by atoms with Crippen molar-refractivity contribution in [2.24, 2.45) is 0 Å². The van der Waals surface area contributed by atoms with E-state index < -0.39 is 6.09 Å².